The van der Waals surface area contributed by atoms with Crippen molar-refractivity contribution in [3.63, 3.8) is 0 Å². The molecule has 1 aliphatic rings. The molecule has 1 fully saturated rings. The molecule has 1 N–H and O–H groups in total. The highest BCUT2D eigenvalue weighted by Crippen LogP contribution is 2.30. The number of ether oxygens (including phenoxy) is 1. The number of methoxy groups -OCH3 is 1. The van der Waals surface area contributed by atoms with Crippen molar-refractivity contribution in [1.29, 1.82) is 0 Å². The van der Waals surface area contributed by atoms with Crippen LogP contribution in [-0.2, 0) is 20.7 Å². The van der Waals surface area contributed by atoms with E-state index in [1.54, 1.807) is 24.3 Å². The fourth-order valence-electron chi connectivity index (χ4n) is 2.10. The van der Waals surface area contributed by atoms with Gasteiger partial charge in [0.1, 0.15) is 4.87 Å². The van der Waals surface area contributed by atoms with E-state index in [0.29, 0.717) is 18.4 Å². The molecule has 6 heteroatoms. The number of rotatable bonds is 3. The number of hydrogen-bond donors (Lipinski definition) is 1. The number of imide groups is 1. The molecule has 1 aromatic rings. The number of nitrogens with one attached hydrogen (secondary N) is 1. The summed E-state index contributed by atoms with van der Waals surface area (Å²) in [4.78, 5) is 33.1. The summed E-state index contributed by atoms with van der Waals surface area (Å²) in [7, 11) is 1.31. The Hall–Kier alpha value is -1.88. The first-order valence-electron chi connectivity index (χ1n) is 6.15. The number of alkyl halides is 1. The predicted molar refractivity (Wildman–Crippen MR) is 72.5 cm³/mol. The summed E-state index contributed by atoms with van der Waals surface area (Å²) in [6, 6.07) is 6.68. The number of halogens is 1. The Morgan fingerprint density at radius 2 is 2.00 bits per heavy atom. The Morgan fingerprint density at radius 1 is 1.35 bits per heavy atom. The molecule has 1 aliphatic heterocycles. The van der Waals surface area contributed by atoms with Crippen LogP contribution in [0.25, 0.3) is 0 Å². The van der Waals surface area contributed by atoms with Gasteiger partial charge in [-0.25, -0.2) is 4.79 Å². The Labute approximate surface area is 121 Å². The number of carbonyl (C=O) groups excluding carboxylic acids is 3. The lowest BCUT2D eigenvalue weighted by Gasteiger charge is -2.29. The van der Waals surface area contributed by atoms with E-state index in [0.717, 1.165) is 5.56 Å². The van der Waals surface area contributed by atoms with Crippen molar-refractivity contribution in [2.45, 2.75) is 24.1 Å². The van der Waals surface area contributed by atoms with Gasteiger partial charge in [0.2, 0.25) is 11.8 Å². The number of amides is 2. The van der Waals surface area contributed by atoms with Gasteiger partial charge in [0, 0.05) is 12.8 Å². The lowest BCUT2D eigenvalue weighted by atomic mass is 9.90. The lowest BCUT2D eigenvalue weighted by molar-refractivity contribution is -0.135. The zero-order valence-electron chi connectivity index (χ0n) is 10.9. The van der Waals surface area contributed by atoms with Crippen LogP contribution in [-0.4, -0.2) is 29.8 Å². The number of benzene rings is 1. The predicted octanol–water partition coefficient (Wildman–Crippen LogP) is 1.43. The number of esters is 1. The van der Waals surface area contributed by atoms with E-state index in [1.807, 2.05) is 0 Å². The molecule has 0 saturated carbocycles. The van der Waals surface area contributed by atoms with E-state index in [4.69, 9.17) is 11.6 Å². The van der Waals surface area contributed by atoms with Gasteiger partial charge in [-0.05, 0) is 24.1 Å². The Kier molecular flexibility index (Phi) is 4.09. The van der Waals surface area contributed by atoms with Gasteiger partial charge in [0.05, 0.1) is 12.7 Å². The second-order valence-corrected chi connectivity index (χ2v) is 5.43. The highest BCUT2D eigenvalue weighted by molar-refractivity contribution is 6.36. The largest absolute Gasteiger partial charge is 0.465 e. The van der Waals surface area contributed by atoms with Crippen LogP contribution in [0.2, 0.25) is 0 Å². The second-order valence-electron chi connectivity index (χ2n) is 4.71. The van der Waals surface area contributed by atoms with Gasteiger partial charge >= 0.3 is 5.97 Å². The highest BCUT2D eigenvalue weighted by atomic mass is 35.5. The number of piperidine rings is 1. The number of carbonyl (C=O) groups is 3. The summed E-state index contributed by atoms with van der Waals surface area (Å²) >= 11 is 6.30. The Morgan fingerprint density at radius 3 is 2.55 bits per heavy atom. The highest BCUT2D eigenvalue weighted by Gasteiger charge is 2.40. The minimum atomic E-state index is -1.11. The van der Waals surface area contributed by atoms with Gasteiger partial charge in [-0.3, -0.25) is 14.9 Å². The first-order chi connectivity index (χ1) is 9.44. The summed E-state index contributed by atoms with van der Waals surface area (Å²) in [5.74, 6) is -1.18. The van der Waals surface area contributed by atoms with Crippen LogP contribution in [0.5, 0.6) is 0 Å². The van der Waals surface area contributed by atoms with Gasteiger partial charge in [0.15, 0.2) is 0 Å². The van der Waals surface area contributed by atoms with Crippen LogP contribution in [0.1, 0.15) is 28.8 Å². The molecule has 106 valence electrons. The molecule has 0 radical (unpaired) electrons. The summed E-state index contributed by atoms with van der Waals surface area (Å²) in [6.45, 7) is 0. The normalized spacial score (nSPS) is 22.3. The first-order valence-corrected chi connectivity index (χ1v) is 6.53. The molecule has 2 amide bonds. The summed E-state index contributed by atoms with van der Waals surface area (Å²) in [6.07, 6.45) is 0.836. The quantitative estimate of drug-likeness (QED) is 0.520. The smallest absolute Gasteiger partial charge is 0.337 e. The van der Waals surface area contributed by atoms with Crippen molar-refractivity contribution in [2.24, 2.45) is 0 Å². The fraction of sp³-hybridized carbons (Fsp3) is 0.357. The summed E-state index contributed by atoms with van der Waals surface area (Å²) in [5.41, 5.74) is 1.25. The van der Waals surface area contributed by atoms with Crippen LogP contribution in [0.4, 0.5) is 0 Å². The van der Waals surface area contributed by atoms with Crippen molar-refractivity contribution in [2.75, 3.05) is 7.11 Å². The SMILES string of the molecule is COC(=O)c1ccc(CC2(Cl)CCC(=O)NC2=O)cc1. The molecule has 5 nitrogen and oxygen atoms in total. The monoisotopic (exact) mass is 295 g/mol. The van der Waals surface area contributed by atoms with Gasteiger partial charge in [-0.1, -0.05) is 12.1 Å². The van der Waals surface area contributed by atoms with E-state index in [-0.39, 0.29) is 12.3 Å². The molecule has 20 heavy (non-hydrogen) atoms. The molecular formula is C14H14ClNO4. The van der Waals surface area contributed by atoms with Crippen LogP contribution < -0.4 is 5.32 Å². The maximum absolute atomic E-state index is 11.8. The fourth-order valence-corrected chi connectivity index (χ4v) is 2.39. The average molecular weight is 296 g/mol. The van der Waals surface area contributed by atoms with Gasteiger partial charge in [-0.15, -0.1) is 11.6 Å². The van der Waals surface area contributed by atoms with E-state index < -0.39 is 16.8 Å². The third kappa shape index (κ3) is 2.99. The summed E-state index contributed by atoms with van der Waals surface area (Å²) < 4.78 is 4.61. The average Bonchev–Trinajstić information content (AvgIpc) is 2.44. The molecular weight excluding hydrogens is 282 g/mol. The van der Waals surface area contributed by atoms with Crippen molar-refractivity contribution in [1.82, 2.24) is 5.32 Å². The maximum atomic E-state index is 11.8. The van der Waals surface area contributed by atoms with Gasteiger partial charge in [-0.2, -0.15) is 0 Å². The van der Waals surface area contributed by atoms with E-state index >= 15 is 0 Å². The maximum Gasteiger partial charge on any atom is 0.337 e. The minimum Gasteiger partial charge on any atom is -0.465 e. The molecule has 1 atom stereocenters. The molecule has 1 aromatic carbocycles. The minimum absolute atomic E-state index is 0.232. The summed E-state index contributed by atoms with van der Waals surface area (Å²) in [5, 5.41) is 2.24. The molecule has 1 unspecified atom stereocenters. The third-order valence-corrected chi connectivity index (χ3v) is 3.76. The zero-order chi connectivity index (χ0) is 14.8. The van der Waals surface area contributed by atoms with Crippen molar-refractivity contribution >= 4 is 29.4 Å². The third-order valence-electron chi connectivity index (χ3n) is 3.27. The van der Waals surface area contributed by atoms with Gasteiger partial charge < -0.3 is 4.74 Å². The van der Waals surface area contributed by atoms with Crippen molar-refractivity contribution in [3.8, 4) is 0 Å². The van der Waals surface area contributed by atoms with Crippen LogP contribution in [0, 0.1) is 0 Å². The van der Waals surface area contributed by atoms with Crippen LogP contribution in [0.15, 0.2) is 24.3 Å². The first kappa shape index (κ1) is 14.5. The standard InChI is InChI=1S/C14H14ClNO4/c1-20-12(18)10-4-2-9(3-5-10)8-14(15)7-6-11(17)16-13(14)19/h2-5H,6-8H2,1H3,(H,16,17,19). The Balaban J connectivity index is 2.11. The van der Waals surface area contributed by atoms with E-state index in [2.05, 4.69) is 10.1 Å². The van der Waals surface area contributed by atoms with E-state index in [9.17, 15) is 14.4 Å². The van der Waals surface area contributed by atoms with Crippen LogP contribution in [0.3, 0.4) is 0 Å². The van der Waals surface area contributed by atoms with E-state index in [1.165, 1.54) is 7.11 Å². The molecule has 2 rings (SSSR count). The molecule has 0 aliphatic carbocycles. The lowest BCUT2D eigenvalue weighted by Crippen LogP contribution is -2.51. The van der Waals surface area contributed by atoms with Crippen molar-refractivity contribution < 1.29 is 19.1 Å². The molecule has 1 heterocycles. The zero-order valence-corrected chi connectivity index (χ0v) is 11.7. The van der Waals surface area contributed by atoms with Gasteiger partial charge in [0.25, 0.3) is 0 Å². The topological polar surface area (TPSA) is 72.5 Å². The second kappa shape index (κ2) is 5.63. The Bertz CT molecular complexity index is 555. The van der Waals surface area contributed by atoms with Crippen molar-refractivity contribution in [3.05, 3.63) is 35.4 Å². The molecule has 0 bridgehead atoms. The molecule has 0 aromatic heterocycles. The molecule has 1 saturated heterocycles. The number of hydrogen-bond acceptors (Lipinski definition) is 4. The molecule has 0 spiro atoms. The van der Waals surface area contributed by atoms with Crippen LogP contribution >= 0.6 is 11.6 Å².